The van der Waals surface area contributed by atoms with Crippen molar-refractivity contribution in [3.8, 4) is 11.6 Å². The highest BCUT2D eigenvalue weighted by molar-refractivity contribution is 9.10. The molecule has 7 heteroatoms. The van der Waals surface area contributed by atoms with Gasteiger partial charge in [0, 0.05) is 28.2 Å². The molecule has 1 aliphatic rings. The summed E-state index contributed by atoms with van der Waals surface area (Å²) in [6.45, 7) is 9.77. The Labute approximate surface area is 185 Å². The van der Waals surface area contributed by atoms with Crippen LogP contribution >= 0.6 is 15.9 Å². The first kappa shape index (κ1) is 22.3. The third-order valence-corrected chi connectivity index (χ3v) is 6.08. The van der Waals surface area contributed by atoms with Gasteiger partial charge in [0.05, 0.1) is 5.69 Å². The Hall–Kier alpha value is -2.41. The van der Waals surface area contributed by atoms with Gasteiger partial charge in [0.1, 0.15) is 11.7 Å². The number of ether oxygens (including phenoxy) is 1. The van der Waals surface area contributed by atoms with E-state index in [1.54, 1.807) is 4.90 Å². The Balaban J connectivity index is 2.18. The SMILES string of the molecule is CCC(CC)N1C(=O)C(C(=O)O)Cc2c1cc(C)nc2Oc1c(C)cc(Br)cc1C. The summed E-state index contributed by atoms with van der Waals surface area (Å²) in [6, 6.07) is 5.71. The van der Waals surface area contributed by atoms with Gasteiger partial charge in [0.25, 0.3) is 0 Å². The van der Waals surface area contributed by atoms with E-state index in [9.17, 15) is 14.7 Å². The van der Waals surface area contributed by atoms with Gasteiger partial charge >= 0.3 is 5.97 Å². The predicted octanol–water partition coefficient (Wildman–Crippen LogP) is 5.34. The highest BCUT2D eigenvalue weighted by Gasteiger charge is 2.41. The lowest BCUT2D eigenvalue weighted by Gasteiger charge is -2.38. The molecule has 1 amide bonds. The third-order valence-electron chi connectivity index (χ3n) is 5.62. The van der Waals surface area contributed by atoms with Crippen LogP contribution in [0.15, 0.2) is 22.7 Å². The maximum atomic E-state index is 13.1. The van der Waals surface area contributed by atoms with E-state index in [1.165, 1.54) is 0 Å². The van der Waals surface area contributed by atoms with E-state index in [-0.39, 0.29) is 18.4 Å². The Morgan fingerprint density at radius 2 is 1.83 bits per heavy atom. The minimum atomic E-state index is -1.14. The van der Waals surface area contributed by atoms with E-state index in [1.807, 2.05) is 52.8 Å². The minimum Gasteiger partial charge on any atom is -0.481 e. The quantitative estimate of drug-likeness (QED) is 0.571. The van der Waals surface area contributed by atoms with Crippen LogP contribution in [0, 0.1) is 26.7 Å². The van der Waals surface area contributed by atoms with Crippen molar-refractivity contribution >= 4 is 33.5 Å². The van der Waals surface area contributed by atoms with Crippen LogP contribution in [-0.2, 0) is 16.0 Å². The van der Waals surface area contributed by atoms with Crippen LogP contribution in [0.5, 0.6) is 11.6 Å². The van der Waals surface area contributed by atoms with Gasteiger partial charge in [-0.05, 0) is 62.9 Å². The molecule has 1 unspecified atom stereocenters. The minimum absolute atomic E-state index is 0.0669. The number of carboxylic acids is 1. The van der Waals surface area contributed by atoms with Crippen LogP contribution in [0.25, 0.3) is 0 Å². The van der Waals surface area contributed by atoms with Crippen LogP contribution in [0.2, 0.25) is 0 Å². The molecule has 1 aliphatic heterocycles. The Bertz CT molecular complexity index is 978. The average molecular weight is 475 g/mol. The number of rotatable bonds is 6. The summed E-state index contributed by atoms with van der Waals surface area (Å²) in [5, 5.41) is 9.72. The predicted molar refractivity (Wildman–Crippen MR) is 119 cm³/mol. The molecule has 30 heavy (non-hydrogen) atoms. The highest BCUT2D eigenvalue weighted by Crippen LogP contribution is 2.41. The number of aromatic nitrogens is 1. The van der Waals surface area contributed by atoms with Crippen molar-refractivity contribution in [2.75, 3.05) is 4.90 Å². The Kier molecular flexibility index (Phi) is 6.50. The van der Waals surface area contributed by atoms with E-state index < -0.39 is 11.9 Å². The first-order valence-electron chi connectivity index (χ1n) is 10.2. The van der Waals surface area contributed by atoms with Gasteiger partial charge < -0.3 is 14.7 Å². The number of halogens is 1. The first-order chi connectivity index (χ1) is 14.2. The number of anilines is 1. The smallest absolute Gasteiger partial charge is 0.316 e. The molecule has 6 nitrogen and oxygen atoms in total. The molecule has 3 rings (SSSR count). The number of aliphatic carboxylic acids is 1. The lowest BCUT2D eigenvalue weighted by molar-refractivity contribution is -0.146. The van der Waals surface area contributed by atoms with Gasteiger partial charge in [-0.25, -0.2) is 4.98 Å². The first-order valence-corrected chi connectivity index (χ1v) is 11.0. The number of nitrogens with zero attached hydrogens (tertiary/aromatic N) is 2. The van der Waals surface area contributed by atoms with Crippen molar-refractivity contribution in [3.63, 3.8) is 0 Å². The summed E-state index contributed by atoms with van der Waals surface area (Å²) in [6.07, 6.45) is 1.53. The summed E-state index contributed by atoms with van der Waals surface area (Å²) < 4.78 is 7.23. The molecule has 0 fully saturated rings. The van der Waals surface area contributed by atoms with Gasteiger partial charge in [-0.3, -0.25) is 9.59 Å². The van der Waals surface area contributed by atoms with E-state index in [2.05, 4.69) is 20.9 Å². The summed E-state index contributed by atoms with van der Waals surface area (Å²) >= 11 is 3.49. The number of fused-ring (bicyclic) bond motifs is 1. The summed E-state index contributed by atoms with van der Waals surface area (Å²) in [5.74, 6) is -1.57. The van der Waals surface area contributed by atoms with E-state index in [0.29, 0.717) is 28.6 Å². The maximum Gasteiger partial charge on any atom is 0.316 e. The molecule has 2 aromatic rings. The highest BCUT2D eigenvalue weighted by atomic mass is 79.9. The second-order valence-corrected chi connectivity index (χ2v) is 8.73. The lowest BCUT2D eigenvalue weighted by atomic mass is 9.90. The van der Waals surface area contributed by atoms with Crippen molar-refractivity contribution in [3.05, 3.63) is 45.1 Å². The van der Waals surface area contributed by atoms with Crippen molar-refractivity contribution < 1.29 is 19.4 Å². The molecular weight excluding hydrogens is 448 g/mol. The molecule has 0 spiro atoms. The van der Waals surface area contributed by atoms with E-state index in [0.717, 1.165) is 28.4 Å². The van der Waals surface area contributed by atoms with Crippen LogP contribution < -0.4 is 9.64 Å². The zero-order valence-electron chi connectivity index (χ0n) is 18.0. The number of amides is 1. The van der Waals surface area contributed by atoms with Crippen molar-refractivity contribution in [1.82, 2.24) is 4.98 Å². The maximum absolute atomic E-state index is 13.1. The normalized spacial score (nSPS) is 16.0. The number of carbonyl (C=O) groups is 2. The number of benzene rings is 1. The van der Waals surface area contributed by atoms with Gasteiger partial charge in [-0.15, -0.1) is 0 Å². The zero-order chi connectivity index (χ0) is 22.2. The van der Waals surface area contributed by atoms with Crippen LogP contribution in [-0.4, -0.2) is 28.0 Å². The Morgan fingerprint density at radius 3 is 2.37 bits per heavy atom. The average Bonchev–Trinajstić information content (AvgIpc) is 2.66. The van der Waals surface area contributed by atoms with Crippen molar-refractivity contribution in [2.45, 2.75) is 59.9 Å². The fraction of sp³-hybridized carbons (Fsp3) is 0.435. The van der Waals surface area contributed by atoms with Crippen molar-refractivity contribution in [2.24, 2.45) is 5.92 Å². The Morgan fingerprint density at radius 1 is 1.23 bits per heavy atom. The molecule has 0 bridgehead atoms. The monoisotopic (exact) mass is 474 g/mol. The van der Waals surface area contributed by atoms with E-state index >= 15 is 0 Å². The molecule has 1 aromatic heterocycles. The van der Waals surface area contributed by atoms with Crippen molar-refractivity contribution in [1.29, 1.82) is 0 Å². The number of carboxylic acid groups (broad SMARTS) is 1. The van der Waals surface area contributed by atoms with Gasteiger partial charge in [0.15, 0.2) is 0 Å². The molecule has 0 saturated carbocycles. The molecule has 0 radical (unpaired) electrons. The van der Waals surface area contributed by atoms with Crippen LogP contribution in [0.1, 0.15) is 49.1 Å². The number of carbonyl (C=O) groups excluding carboxylic acids is 1. The number of pyridine rings is 1. The number of hydrogen-bond donors (Lipinski definition) is 1. The third kappa shape index (κ3) is 4.08. The number of aryl methyl sites for hydroxylation is 3. The zero-order valence-corrected chi connectivity index (χ0v) is 19.5. The van der Waals surface area contributed by atoms with Crippen LogP contribution in [0.4, 0.5) is 5.69 Å². The van der Waals surface area contributed by atoms with Gasteiger partial charge in [-0.2, -0.15) is 0 Å². The molecule has 1 atom stereocenters. The molecular formula is C23H27BrN2O4. The van der Waals surface area contributed by atoms with Crippen LogP contribution in [0.3, 0.4) is 0 Å². The molecule has 160 valence electrons. The summed E-state index contributed by atoms with van der Waals surface area (Å²) in [4.78, 5) is 31.2. The summed E-state index contributed by atoms with van der Waals surface area (Å²) in [7, 11) is 0. The molecule has 0 saturated heterocycles. The largest absolute Gasteiger partial charge is 0.481 e. The second-order valence-electron chi connectivity index (χ2n) is 7.81. The molecule has 0 aliphatic carbocycles. The molecule has 1 aromatic carbocycles. The van der Waals surface area contributed by atoms with E-state index in [4.69, 9.17) is 4.74 Å². The standard InChI is InChI=1S/C23H27BrN2O4/c1-6-16(7-2)26-19-10-14(5)25-21(17(19)11-18(22(26)27)23(28)29)30-20-12(3)8-15(24)9-13(20)4/h8-10,16,18H,6-7,11H2,1-5H3,(H,28,29). The topological polar surface area (TPSA) is 79.7 Å². The van der Waals surface area contributed by atoms with Gasteiger partial charge in [0.2, 0.25) is 11.8 Å². The fourth-order valence-electron chi connectivity index (χ4n) is 4.10. The fourth-order valence-corrected chi connectivity index (χ4v) is 4.79. The number of hydrogen-bond acceptors (Lipinski definition) is 4. The second kappa shape index (κ2) is 8.76. The van der Waals surface area contributed by atoms with Gasteiger partial charge in [-0.1, -0.05) is 29.8 Å². The molecule has 2 heterocycles. The lowest BCUT2D eigenvalue weighted by Crippen LogP contribution is -2.49. The molecule has 1 N–H and O–H groups in total. The summed E-state index contributed by atoms with van der Waals surface area (Å²) in [5.41, 5.74) is 3.98.